The van der Waals surface area contributed by atoms with E-state index in [4.69, 9.17) is 0 Å². The molecule has 0 aromatic rings. The summed E-state index contributed by atoms with van der Waals surface area (Å²) in [7, 11) is 2.23. The molecular formula is C8H17N. The molecule has 0 radical (unpaired) electrons. The van der Waals surface area contributed by atoms with Gasteiger partial charge < -0.3 is 4.90 Å². The van der Waals surface area contributed by atoms with Gasteiger partial charge in [0.25, 0.3) is 0 Å². The van der Waals surface area contributed by atoms with Crippen molar-refractivity contribution in [3.63, 3.8) is 0 Å². The van der Waals surface area contributed by atoms with Crippen molar-refractivity contribution in [3.8, 4) is 0 Å². The standard InChI is InChI=1S/C8H17N/c1-4-8-5-7(2)6-9(8)3/h7-8H,4-6H2,1-3H3/t7?,8-/m1/s1. The Balaban J connectivity index is 2.38. The second-order valence-electron chi connectivity index (χ2n) is 3.34. The van der Waals surface area contributed by atoms with E-state index in [1.807, 2.05) is 0 Å². The van der Waals surface area contributed by atoms with Gasteiger partial charge in [0.05, 0.1) is 0 Å². The molecule has 1 rings (SSSR count). The smallest absolute Gasteiger partial charge is 0.00927 e. The Morgan fingerprint density at radius 3 is 2.44 bits per heavy atom. The summed E-state index contributed by atoms with van der Waals surface area (Å²) in [5.41, 5.74) is 0. The zero-order chi connectivity index (χ0) is 6.85. The highest BCUT2D eigenvalue weighted by atomic mass is 15.1. The fraction of sp³-hybridized carbons (Fsp3) is 1.00. The molecule has 0 saturated carbocycles. The molecule has 1 unspecified atom stereocenters. The van der Waals surface area contributed by atoms with E-state index in [1.54, 1.807) is 0 Å². The van der Waals surface area contributed by atoms with Crippen LogP contribution in [0.2, 0.25) is 0 Å². The Labute approximate surface area is 58.0 Å². The molecule has 0 N–H and O–H groups in total. The summed E-state index contributed by atoms with van der Waals surface area (Å²) in [6, 6.07) is 0.875. The first kappa shape index (κ1) is 7.07. The maximum absolute atomic E-state index is 2.48. The van der Waals surface area contributed by atoms with Gasteiger partial charge in [0.2, 0.25) is 0 Å². The minimum Gasteiger partial charge on any atom is -0.303 e. The van der Waals surface area contributed by atoms with E-state index in [1.165, 1.54) is 19.4 Å². The first-order chi connectivity index (χ1) is 4.24. The van der Waals surface area contributed by atoms with Crippen LogP contribution in [0.3, 0.4) is 0 Å². The monoisotopic (exact) mass is 127 g/mol. The van der Waals surface area contributed by atoms with Crippen molar-refractivity contribution in [1.29, 1.82) is 0 Å². The van der Waals surface area contributed by atoms with Crippen LogP contribution in [0, 0.1) is 5.92 Å². The molecule has 1 aliphatic rings. The number of rotatable bonds is 1. The van der Waals surface area contributed by atoms with Crippen molar-refractivity contribution in [1.82, 2.24) is 4.90 Å². The normalized spacial score (nSPS) is 37.7. The van der Waals surface area contributed by atoms with Crippen LogP contribution in [0.25, 0.3) is 0 Å². The van der Waals surface area contributed by atoms with Gasteiger partial charge in [0, 0.05) is 12.6 Å². The summed E-state index contributed by atoms with van der Waals surface area (Å²) >= 11 is 0. The topological polar surface area (TPSA) is 3.24 Å². The molecule has 1 heterocycles. The molecule has 0 amide bonds. The summed E-state index contributed by atoms with van der Waals surface area (Å²) in [4.78, 5) is 2.48. The largest absolute Gasteiger partial charge is 0.303 e. The van der Waals surface area contributed by atoms with E-state index in [0.29, 0.717) is 0 Å². The van der Waals surface area contributed by atoms with E-state index >= 15 is 0 Å². The second kappa shape index (κ2) is 2.70. The third-order valence-corrected chi connectivity index (χ3v) is 2.37. The third-order valence-electron chi connectivity index (χ3n) is 2.37. The second-order valence-corrected chi connectivity index (χ2v) is 3.34. The SMILES string of the molecule is CC[C@@H]1CC(C)CN1C. The molecular weight excluding hydrogens is 110 g/mol. The Bertz CT molecular complexity index is 90.6. The molecule has 54 valence electrons. The van der Waals surface area contributed by atoms with Crippen LogP contribution in [0.15, 0.2) is 0 Å². The van der Waals surface area contributed by atoms with Crippen molar-refractivity contribution in [3.05, 3.63) is 0 Å². The van der Waals surface area contributed by atoms with Gasteiger partial charge in [-0.15, -0.1) is 0 Å². The lowest BCUT2D eigenvalue weighted by Crippen LogP contribution is -2.23. The van der Waals surface area contributed by atoms with Gasteiger partial charge in [-0.2, -0.15) is 0 Å². The molecule has 1 nitrogen and oxygen atoms in total. The first-order valence-corrected chi connectivity index (χ1v) is 3.94. The number of likely N-dealkylation sites (tertiary alicyclic amines) is 1. The van der Waals surface area contributed by atoms with Crippen LogP contribution < -0.4 is 0 Å². The number of nitrogens with zero attached hydrogens (tertiary/aromatic N) is 1. The molecule has 1 aliphatic heterocycles. The molecule has 0 bridgehead atoms. The zero-order valence-corrected chi connectivity index (χ0v) is 6.72. The minimum absolute atomic E-state index is 0.875. The molecule has 1 heteroatoms. The first-order valence-electron chi connectivity index (χ1n) is 3.94. The summed E-state index contributed by atoms with van der Waals surface area (Å²) in [5.74, 6) is 0.931. The lowest BCUT2D eigenvalue weighted by atomic mass is 10.1. The van der Waals surface area contributed by atoms with Crippen molar-refractivity contribution in [2.45, 2.75) is 32.7 Å². The summed E-state index contributed by atoms with van der Waals surface area (Å²) < 4.78 is 0. The van der Waals surface area contributed by atoms with Crippen LogP contribution >= 0.6 is 0 Å². The third kappa shape index (κ3) is 1.45. The van der Waals surface area contributed by atoms with Crippen LogP contribution in [-0.2, 0) is 0 Å². The van der Waals surface area contributed by atoms with Crippen molar-refractivity contribution < 1.29 is 0 Å². The molecule has 9 heavy (non-hydrogen) atoms. The molecule has 0 spiro atoms. The quantitative estimate of drug-likeness (QED) is 0.518. The van der Waals surface area contributed by atoms with Gasteiger partial charge in [-0.05, 0) is 25.8 Å². The van der Waals surface area contributed by atoms with Gasteiger partial charge in [0.1, 0.15) is 0 Å². The molecule has 0 aromatic heterocycles. The van der Waals surface area contributed by atoms with Crippen LogP contribution in [0.1, 0.15) is 26.7 Å². The molecule has 2 atom stereocenters. The fourth-order valence-electron chi connectivity index (χ4n) is 1.84. The average molecular weight is 127 g/mol. The molecule has 1 saturated heterocycles. The van der Waals surface area contributed by atoms with E-state index in [9.17, 15) is 0 Å². The lowest BCUT2D eigenvalue weighted by molar-refractivity contribution is 0.302. The molecule has 1 fully saturated rings. The zero-order valence-electron chi connectivity index (χ0n) is 6.72. The highest BCUT2D eigenvalue weighted by Crippen LogP contribution is 2.22. The number of hydrogen-bond acceptors (Lipinski definition) is 1. The van der Waals surface area contributed by atoms with Gasteiger partial charge in [-0.1, -0.05) is 13.8 Å². The van der Waals surface area contributed by atoms with Crippen molar-refractivity contribution in [2.24, 2.45) is 5.92 Å². The average Bonchev–Trinajstić information content (AvgIpc) is 2.10. The summed E-state index contributed by atoms with van der Waals surface area (Å²) in [6.45, 7) is 5.92. The Kier molecular flexibility index (Phi) is 2.12. The van der Waals surface area contributed by atoms with E-state index in [2.05, 4.69) is 25.8 Å². The van der Waals surface area contributed by atoms with Gasteiger partial charge in [0.15, 0.2) is 0 Å². The minimum atomic E-state index is 0.875. The van der Waals surface area contributed by atoms with E-state index in [-0.39, 0.29) is 0 Å². The van der Waals surface area contributed by atoms with Crippen LogP contribution in [-0.4, -0.2) is 24.5 Å². The molecule has 0 aliphatic carbocycles. The highest BCUT2D eigenvalue weighted by Gasteiger charge is 2.24. The maximum Gasteiger partial charge on any atom is 0.00927 e. The van der Waals surface area contributed by atoms with Crippen molar-refractivity contribution >= 4 is 0 Å². The highest BCUT2D eigenvalue weighted by molar-refractivity contribution is 4.79. The predicted octanol–water partition coefficient (Wildman–Crippen LogP) is 1.74. The van der Waals surface area contributed by atoms with Gasteiger partial charge >= 0.3 is 0 Å². The molecule has 0 aromatic carbocycles. The maximum atomic E-state index is 2.48. The Morgan fingerprint density at radius 2 is 2.22 bits per heavy atom. The van der Waals surface area contributed by atoms with Crippen molar-refractivity contribution in [2.75, 3.05) is 13.6 Å². The Hall–Kier alpha value is -0.0400. The lowest BCUT2D eigenvalue weighted by Gasteiger charge is -2.16. The Morgan fingerprint density at radius 1 is 1.56 bits per heavy atom. The van der Waals surface area contributed by atoms with Gasteiger partial charge in [-0.3, -0.25) is 0 Å². The summed E-state index contributed by atoms with van der Waals surface area (Å²) in [5, 5.41) is 0. The number of hydrogen-bond donors (Lipinski definition) is 0. The van der Waals surface area contributed by atoms with E-state index in [0.717, 1.165) is 12.0 Å². The predicted molar refractivity (Wildman–Crippen MR) is 40.5 cm³/mol. The fourth-order valence-corrected chi connectivity index (χ4v) is 1.84. The van der Waals surface area contributed by atoms with Gasteiger partial charge in [-0.25, -0.2) is 0 Å². The van der Waals surface area contributed by atoms with E-state index < -0.39 is 0 Å². The van der Waals surface area contributed by atoms with Crippen LogP contribution in [0.4, 0.5) is 0 Å². The summed E-state index contributed by atoms with van der Waals surface area (Å²) in [6.07, 6.45) is 2.73. The van der Waals surface area contributed by atoms with Crippen LogP contribution in [0.5, 0.6) is 0 Å².